The highest BCUT2D eigenvalue weighted by molar-refractivity contribution is 7.89. The van der Waals surface area contributed by atoms with Crippen molar-refractivity contribution < 1.29 is 27.8 Å². The van der Waals surface area contributed by atoms with Crippen molar-refractivity contribution in [2.75, 3.05) is 26.3 Å². The summed E-state index contributed by atoms with van der Waals surface area (Å²) in [5.41, 5.74) is 0. The molecule has 0 unspecified atom stereocenters. The fraction of sp³-hybridized carbons (Fsp3) is 0.500. The Kier molecular flexibility index (Phi) is 3.96. The number of ether oxygens (including phenoxy) is 2. The Balaban J connectivity index is 1.80. The number of aliphatic carboxylic acids is 1. The van der Waals surface area contributed by atoms with Crippen LogP contribution in [0, 0.1) is 5.92 Å². The number of benzene rings is 1. The van der Waals surface area contributed by atoms with Crippen molar-refractivity contribution in [2.24, 2.45) is 5.92 Å². The molecule has 1 aromatic carbocycles. The van der Waals surface area contributed by atoms with Crippen LogP contribution in [0.25, 0.3) is 0 Å². The van der Waals surface area contributed by atoms with Gasteiger partial charge in [-0.2, -0.15) is 4.31 Å². The Morgan fingerprint density at radius 3 is 2.41 bits per heavy atom. The molecule has 0 aliphatic carbocycles. The normalized spacial score (nSPS) is 19.8. The molecule has 2 aliphatic heterocycles. The van der Waals surface area contributed by atoms with E-state index in [0.29, 0.717) is 37.6 Å². The molecule has 0 atom stereocenters. The smallest absolute Gasteiger partial charge is 0.306 e. The summed E-state index contributed by atoms with van der Waals surface area (Å²) in [7, 11) is -3.64. The lowest BCUT2D eigenvalue weighted by molar-refractivity contribution is -0.142. The Morgan fingerprint density at radius 1 is 1.14 bits per heavy atom. The number of piperidine rings is 1. The van der Waals surface area contributed by atoms with Gasteiger partial charge in [0.1, 0.15) is 13.2 Å². The molecule has 1 fully saturated rings. The van der Waals surface area contributed by atoms with Crippen molar-refractivity contribution in [3.63, 3.8) is 0 Å². The maximum Gasteiger partial charge on any atom is 0.306 e. The summed E-state index contributed by atoms with van der Waals surface area (Å²) in [5.74, 6) is -0.370. The predicted molar refractivity (Wildman–Crippen MR) is 76.6 cm³/mol. The molecule has 0 bridgehead atoms. The summed E-state index contributed by atoms with van der Waals surface area (Å²) in [6.07, 6.45) is 0.665. The topological polar surface area (TPSA) is 93.1 Å². The molecule has 0 aromatic heterocycles. The fourth-order valence-corrected chi connectivity index (χ4v) is 4.16. The number of carbonyl (C=O) groups is 1. The third kappa shape index (κ3) is 2.76. The first-order valence-corrected chi connectivity index (χ1v) is 8.55. The van der Waals surface area contributed by atoms with Crippen LogP contribution < -0.4 is 9.47 Å². The predicted octanol–water partition coefficient (Wildman–Crippen LogP) is 0.943. The maximum absolute atomic E-state index is 12.6. The Morgan fingerprint density at radius 2 is 1.77 bits per heavy atom. The standard InChI is InChI=1S/C14H17NO6S/c16-14(17)10-3-5-15(6-4-10)22(18,19)11-1-2-12-13(9-11)21-8-7-20-12/h1-2,9-10H,3-8H2,(H,16,17). The molecule has 1 N–H and O–H groups in total. The molecule has 0 amide bonds. The number of hydrogen-bond acceptors (Lipinski definition) is 5. The molecule has 8 heteroatoms. The van der Waals surface area contributed by atoms with E-state index in [1.54, 1.807) is 6.07 Å². The second-order valence-corrected chi connectivity index (χ2v) is 7.26. The average molecular weight is 327 g/mol. The van der Waals surface area contributed by atoms with Crippen LogP contribution in [0.4, 0.5) is 0 Å². The summed E-state index contributed by atoms with van der Waals surface area (Å²) >= 11 is 0. The highest BCUT2D eigenvalue weighted by atomic mass is 32.2. The van der Waals surface area contributed by atoms with E-state index in [1.165, 1.54) is 16.4 Å². The van der Waals surface area contributed by atoms with Crippen LogP contribution in [0.2, 0.25) is 0 Å². The molecule has 0 saturated carbocycles. The molecule has 3 rings (SSSR count). The summed E-state index contributed by atoms with van der Waals surface area (Å²) in [6.45, 7) is 1.27. The molecule has 7 nitrogen and oxygen atoms in total. The molecule has 0 spiro atoms. The summed E-state index contributed by atoms with van der Waals surface area (Å²) in [4.78, 5) is 11.1. The number of hydrogen-bond donors (Lipinski definition) is 1. The van der Waals surface area contributed by atoms with E-state index in [4.69, 9.17) is 14.6 Å². The molecule has 22 heavy (non-hydrogen) atoms. The van der Waals surface area contributed by atoms with Crippen molar-refractivity contribution in [2.45, 2.75) is 17.7 Å². The van der Waals surface area contributed by atoms with Gasteiger partial charge in [0.2, 0.25) is 10.0 Å². The van der Waals surface area contributed by atoms with E-state index >= 15 is 0 Å². The zero-order valence-electron chi connectivity index (χ0n) is 11.9. The molecular formula is C14H17NO6S. The van der Waals surface area contributed by atoms with Gasteiger partial charge in [0.25, 0.3) is 0 Å². The van der Waals surface area contributed by atoms with Crippen molar-refractivity contribution in [1.82, 2.24) is 4.31 Å². The lowest BCUT2D eigenvalue weighted by Crippen LogP contribution is -2.40. The van der Waals surface area contributed by atoms with E-state index in [1.807, 2.05) is 0 Å². The van der Waals surface area contributed by atoms with Gasteiger partial charge in [0, 0.05) is 19.2 Å². The lowest BCUT2D eigenvalue weighted by atomic mass is 9.99. The van der Waals surface area contributed by atoms with Crippen LogP contribution >= 0.6 is 0 Å². The Hall–Kier alpha value is -1.80. The van der Waals surface area contributed by atoms with Crippen LogP contribution in [0.15, 0.2) is 23.1 Å². The minimum atomic E-state index is -3.64. The SMILES string of the molecule is O=C(O)C1CCN(S(=O)(=O)c2ccc3c(c2)OCCO3)CC1. The van der Waals surface area contributed by atoms with E-state index in [9.17, 15) is 13.2 Å². The van der Waals surface area contributed by atoms with Crippen molar-refractivity contribution >= 4 is 16.0 Å². The Bertz CT molecular complexity index is 679. The van der Waals surface area contributed by atoms with Crippen LogP contribution in [-0.2, 0) is 14.8 Å². The van der Waals surface area contributed by atoms with Gasteiger partial charge >= 0.3 is 5.97 Å². The average Bonchev–Trinajstić information content (AvgIpc) is 2.54. The van der Waals surface area contributed by atoms with Crippen molar-refractivity contribution in [3.05, 3.63) is 18.2 Å². The quantitative estimate of drug-likeness (QED) is 0.888. The lowest BCUT2D eigenvalue weighted by Gasteiger charge is -2.29. The number of rotatable bonds is 3. The van der Waals surface area contributed by atoms with Crippen LogP contribution in [0.5, 0.6) is 11.5 Å². The Labute approximate surface area is 128 Å². The van der Waals surface area contributed by atoms with E-state index < -0.39 is 21.9 Å². The first kappa shape index (κ1) is 15.1. The minimum Gasteiger partial charge on any atom is -0.486 e. The number of carboxylic acids is 1. The molecule has 1 aromatic rings. The first-order valence-electron chi connectivity index (χ1n) is 7.11. The number of carboxylic acid groups (broad SMARTS) is 1. The second kappa shape index (κ2) is 5.77. The van der Waals surface area contributed by atoms with Crippen molar-refractivity contribution in [3.8, 4) is 11.5 Å². The molecule has 120 valence electrons. The molecule has 1 saturated heterocycles. The fourth-order valence-electron chi connectivity index (χ4n) is 2.68. The van der Waals surface area contributed by atoms with Crippen LogP contribution in [0.1, 0.15) is 12.8 Å². The highest BCUT2D eigenvalue weighted by Crippen LogP contribution is 2.34. The summed E-state index contributed by atoms with van der Waals surface area (Å²) in [5, 5.41) is 8.98. The van der Waals surface area contributed by atoms with Gasteiger partial charge in [-0.05, 0) is 25.0 Å². The molecule has 2 aliphatic rings. The van der Waals surface area contributed by atoms with Gasteiger partial charge in [0.15, 0.2) is 11.5 Å². The molecular weight excluding hydrogens is 310 g/mol. The monoisotopic (exact) mass is 327 g/mol. The van der Waals surface area contributed by atoms with Gasteiger partial charge in [-0.25, -0.2) is 8.42 Å². The second-order valence-electron chi connectivity index (χ2n) is 5.32. The molecule has 0 radical (unpaired) electrons. The highest BCUT2D eigenvalue weighted by Gasteiger charge is 2.32. The third-order valence-corrected chi connectivity index (χ3v) is 5.85. The molecule has 2 heterocycles. The van der Waals surface area contributed by atoms with Gasteiger partial charge < -0.3 is 14.6 Å². The summed E-state index contributed by atoms with van der Waals surface area (Å²) < 4.78 is 37.4. The van der Waals surface area contributed by atoms with E-state index in [2.05, 4.69) is 0 Å². The minimum absolute atomic E-state index is 0.144. The first-order chi connectivity index (χ1) is 10.5. The number of fused-ring (bicyclic) bond motifs is 1. The van der Waals surface area contributed by atoms with E-state index in [-0.39, 0.29) is 18.0 Å². The van der Waals surface area contributed by atoms with Gasteiger partial charge in [0.05, 0.1) is 10.8 Å². The number of sulfonamides is 1. The zero-order valence-corrected chi connectivity index (χ0v) is 12.7. The maximum atomic E-state index is 12.6. The summed E-state index contributed by atoms with van der Waals surface area (Å²) in [6, 6.07) is 4.55. The zero-order chi connectivity index (χ0) is 15.7. The van der Waals surface area contributed by atoms with Crippen molar-refractivity contribution in [1.29, 1.82) is 0 Å². The van der Waals surface area contributed by atoms with Gasteiger partial charge in [-0.1, -0.05) is 0 Å². The van der Waals surface area contributed by atoms with Gasteiger partial charge in [-0.15, -0.1) is 0 Å². The van der Waals surface area contributed by atoms with Crippen LogP contribution in [-0.4, -0.2) is 50.1 Å². The largest absolute Gasteiger partial charge is 0.486 e. The van der Waals surface area contributed by atoms with Crippen LogP contribution in [0.3, 0.4) is 0 Å². The third-order valence-electron chi connectivity index (χ3n) is 3.95. The number of nitrogens with zero attached hydrogens (tertiary/aromatic N) is 1. The van der Waals surface area contributed by atoms with E-state index in [0.717, 1.165) is 0 Å². The van der Waals surface area contributed by atoms with Gasteiger partial charge in [-0.3, -0.25) is 4.79 Å².